The van der Waals surface area contributed by atoms with Crippen LogP contribution < -0.4 is 10.1 Å². The molecule has 6 heteroatoms. The van der Waals surface area contributed by atoms with Gasteiger partial charge in [0, 0.05) is 31.9 Å². The Labute approximate surface area is 175 Å². The summed E-state index contributed by atoms with van der Waals surface area (Å²) in [6.45, 7) is 3.88. The first-order valence-corrected chi connectivity index (χ1v) is 10.2. The number of benzene rings is 2. The minimum absolute atomic E-state index is 0.0731. The molecule has 0 atom stereocenters. The number of amides is 1. The molecule has 0 unspecified atom stereocenters. The van der Waals surface area contributed by atoms with E-state index in [-0.39, 0.29) is 11.7 Å². The predicted molar refractivity (Wildman–Crippen MR) is 115 cm³/mol. The number of ether oxygens (including phenoxy) is 1. The van der Waals surface area contributed by atoms with Crippen molar-refractivity contribution in [1.29, 1.82) is 0 Å². The minimum Gasteiger partial charge on any atom is -0.494 e. The number of para-hydroxylation sites is 1. The molecule has 1 fully saturated rings. The fourth-order valence-electron chi connectivity index (χ4n) is 4.33. The number of methoxy groups -OCH3 is 1. The zero-order valence-corrected chi connectivity index (χ0v) is 17.3. The van der Waals surface area contributed by atoms with Gasteiger partial charge in [-0.2, -0.15) is 0 Å². The molecule has 0 spiro atoms. The van der Waals surface area contributed by atoms with Crippen molar-refractivity contribution in [3.8, 4) is 5.75 Å². The Hall–Kier alpha value is -2.99. The molecule has 30 heavy (non-hydrogen) atoms. The highest BCUT2D eigenvalue weighted by Gasteiger charge is 2.37. The van der Waals surface area contributed by atoms with Crippen molar-refractivity contribution in [1.82, 2.24) is 15.2 Å². The van der Waals surface area contributed by atoms with E-state index in [2.05, 4.69) is 22.3 Å². The standard InChI is InChI=1S/C24H26FN3O2/c1-17(29)27-24(19-7-9-20(25)10-8-19)12-14-28(15-13-24)16-21-11-6-18-4-3-5-22(30-2)23(18)26-21/h3-11H,12-16H2,1-2H3,(H,27,29). The average molecular weight is 407 g/mol. The SMILES string of the molecule is COc1cccc2ccc(CN3CCC(NC(C)=O)(c4ccc(F)cc4)CC3)nc12. The lowest BCUT2D eigenvalue weighted by atomic mass is 9.80. The molecule has 2 heterocycles. The molecule has 1 aliphatic heterocycles. The zero-order chi connectivity index (χ0) is 21.1. The van der Waals surface area contributed by atoms with E-state index in [0.29, 0.717) is 0 Å². The number of hydrogen-bond donors (Lipinski definition) is 1. The minimum atomic E-state index is -0.462. The molecule has 1 aliphatic rings. The Morgan fingerprint density at radius 3 is 2.53 bits per heavy atom. The van der Waals surface area contributed by atoms with Crippen LogP contribution >= 0.6 is 0 Å². The number of pyridine rings is 1. The quantitative estimate of drug-likeness (QED) is 0.694. The van der Waals surface area contributed by atoms with Gasteiger partial charge in [-0.25, -0.2) is 9.37 Å². The van der Waals surface area contributed by atoms with Crippen molar-refractivity contribution in [2.75, 3.05) is 20.2 Å². The average Bonchev–Trinajstić information content (AvgIpc) is 2.75. The van der Waals surface area contributed by atoms with Gasteiger partial charge in [-0.3, -0.25) is 9.69 Å². The van der Waals surface area contributed by atoms with Crippen LogP contribution in [-0.2, 0) is 16.9 Å². The molecule has 5 nitrogen and oxygen atoms in total. The monoisotopic (exact) mass is 407 g/mol. The predicted octanol–water partition coefficient (Wildman–Crippen LogP) is 4.01. The Morgan fingerprint density at radius 2 is 1.87 bits per heavy atom. The van der Waals surface area contributed by atoms with Crippen LogP contribution in [0.1, 0.15) is 31.0 Å². The number of nitrogens with one attached hydrogen (secondary N) is 1. The van der Waals surface area contributed by atoms with Crippen molar-refractivity contribution >= 4 is 16.8 Å². The maximum Gasteiger partial charge on any atom is 0.217 e. The molecule has 156 valence electrons. The smallest absolute Gasteiger partial charge is 0.217 e. The molecular formula is C24H26FN3O2. The fourth-order valence-corrected chi connectivity index (χ4v) is 4.33. The third kappa shape index (κ3) is 4.14. The van der Waals surface area contributed by atoms with Gasteiger partial charge < -0.3 is 10.1 Å². The normalized spacial score (nSPS) is 16.4. The summed E-state index contributed by atoms with van der Waals surface area (Å²) in [6.07, 6.45) is 1.52. The fraction of sp³-hybridized carbons (Fsp3) is 0.333. The van der Waals surface area contributed by atoms with Crippen LogP contribution in [0.4, 0.5) is 4.39 Å². The molecule has 0 radical (unpaired) electrons. The molecule has 0 saturated carbocycles. The summed E-state index contributed by atoms with van der Waals surface area (Å²) in [6, 6.07) is 16.5. The van der Waals surface area contributed by atoms with Crippen LogP contribution in [0.25, 0.3) is 10.9 Å². The second kappa shape index (κ2) is 8.40. The van der Waals surface area contributed by atoms with E-state index >= 15 is 0 Å². The Bertz CT molecular complexity index is 1040. The molecule has 4 rings (SSSR count). The summed E-state index contributed by atoms with van der Waals surface area (Å²) in [7, 11) is 1.66. The molecule has 1 N–H and O–H groups in total. The third-order valence-corrected chi connectivity index (χ3v) is 5.87. The summed E-state index contributed by atoms with van der Waals surface area (Å²) in [5, 5.41) is 4.19. The van der Waals surface area contributed by atoms with E-state index in [1.54, 1.807) is 19.2 Å². The van der Waals surface area contributed by atoms with Gasteiger partial charge in [-0.1, -0.05) is 30.3 Å². The van der Waals surface area contributed by atoms with E-state index in [1.165, 1.54) is 19.1 Å². The maximum atomic E-state index is 13.4. The summed E-state index contributed by atoms with van der Waals surface area (Å²) < 4.78 is 18.9. The zero-order valence-electron chi connectivity index (χ0n) is 17.3. The van der Waals surface area contributed by atoms with Gasteiger partial charge in [0.25, 0.3) is 0 Å². The first kappa shape index (κ1) is 20.3. The molecule has 0 bridgehead atoms. The molecule has 2 aromatic carbocycles. The lowest BCUT2D eigenvalue weighted by Crippen LogP contribution is -2.52. The van der Waals surface area contributed by atoms with Crippen LogP contribution in [0.3, 0.4) is 0 Å². The highest BCUT2D eigenvalue weighted by Crippen LogP contribution is 2.34. The number of aromatic nitrogens is 1. The molecule has 3 aromatic rings. The van der Waals surface area contributed by atoms with E-state index < -0.39 is 5.54 Å². The molecular weight excluding hydrogens is 381 g/mol. The van der Waals surface area contributed by atoms with Crippen LogP contribution in [0.5, 0.6) is 5.75 Å². The van der Waals surface area contributed by atoms with Crippen LogP contribution in [0.2, 0.25) is 0 Å². The Balaban J connectivity index is 1.51. The van der Waals surface area contributed by atoms with Crippen LogP contribution in [0, 0.1) is 5.82 Å². The summed E-state index contributed by atoms with van der Waals surface area (Å²) in [4.78, 5) is 19.0. The molecule has 0 aliphatic carbocycles. The molecule has 1 aromatic heterocycles. The maximum absolute atomic E-state index is 13.4. The molecule has 1 amide bonds. The van der Waals surface area contributed by atoms with Gasteiger partial charge in [-0.05, 0) is 42.7 Å². The second-order valence-electron chi connectivity index (χ2n) is 7.88. The van der Waals surface area contributed by atoms with Crippen molar-refractivity contribution in [3.63, 3.8) is 0 Å². The second-order valence-corrected chi connectivity index (χ2v) is 7.88. The van der Waals surface area contributed by atoms with E-state index in [9.17, 15) is 9.18 Å². The lowest BCUT2D eigenvalue weighted by Gasteiger charge is -2.42. The van der Waals surface area contributed by atoms with Crippen LogP contribution in [0.15, 0.2) is 54.6 Å². The number of carbonyl (C=O) groups excluding carboxylic acids is 1. The van der Waals surface area contributed by atoms with Crippen molar-refractivity contribution in [2.24, 2.45) is 0 Å². The highest BCUT2D eigenvalue weighted by atomic mass is 19.1. The number of piperidine rings is 1. The Morgan fingerprint density at radius 1 is 1.13 bits per heavy atom. The number of likely N-dealkylation sites (tertiary alicyclic amines) is 1. The van der Waals surface area contributed by atoms with Gasteiger partial charge >= 0.3 is 0 Å². The summed E-state index contributed by atoms with van der Waals surface area (Å²) in [5.41, 5.74) is 2.34. The number of hydrogen-bond acceptors (Lipinski definition) is 4. The third-order valence-electron chi connectivity index (χ3n) is 5.87. The number of nitrogens with zero attached hydrogens (tertiary/aromatic N) is 2. The van der Waals surface area contributed by atoms with Gasteiger partial charge in [-0.15, -0.1) is 0 Å². The first-order valence-electron chi connectivity index (χ1n) is 10.2. The number of carbonyl (C=O) groups is 1. The van der Waals surface area contributed by atoms with E-state index in [1.807, 2.05) is 18.2 Å². The van der Waals surface area contributed by atoms with Crippen molar-refractivity contribution in [2.45, 2.75) is 31.8 Å². The first-order chi connectivity index (χ1) is 14.5. The topological polar surface area (TPSA) is 54.5 Å². The molecule has 1 saturated heterocycles. The van der Waals surface area contributed by atoms with Crippen LogP contribution in [-0.4, -0.2) is 36.0 Å². The number of rotatable bonds is 5. The lowest BCUT2D eigenvalue weighted by molar-refractivity contribution is -0.121. The van der Waals surface area contributed by atoms with Gasteiger partial charge in [0.15, 0.2) is 0 Å². The van der Waals surface area contributed by atoms with Gasteiger partial charge in [0.2, 0.25) is 5.91 Å². The van der Waals surface area contributed by atoms with Crippen molar-refractivity contribution < 1.29 is 13.9 Å². The van der Waals surface area contributed by atoms with Crippen molar-refractivity contribution in [3.05, 3.63) is 71.7 Å². The largest absolute Gasteiger partial charge is 0.494 e. The van der Waals surface area contributed by atoms with Gasteiger partial charge in [0.1, 0.15) is 17.1 Å². The van der Waals surface area contributed by atoms with E-state index in [4.69, 9.17) is 9.72 Å². The van der Waals surface area contributed by atoms with E-state index in [0.717, 1.165) is 60.4 Å². The number of fused-ring (bicyclic) bond motifs is 1. The number of halogens is 1. The summed E-state index contributed by atoms with van der Waals surface area (Å²) >= 11 is 0. The summed E-state index contributed by atoms with van der Waals surface area (Å²) in [5.74, 6) is 0.428. The Kier molecular flexibility index (Phi) is 5.68. The van der Waals surface area contributed by atoms with Gasteiger partial charge in [0.05, 0.1) is 18.3 Å². The highest BCUT2D eigenvalue weighted by molar-refractivity contribution is 5.84.